The number of carbonyl (C=O) groups excluding carboxylic acids is 2. The van der Waals surface area contributed by atoms with Crippen LogP contribution in [0.15, 0.2) is 82.2 Å². The van der Waals surface area contributed by atoms with Gasteiger partial charge in [-0.05, 0) is 79.6 Å². The number of hydrogen-bond acceptors (Lipinski definition) is 5. The van der Waals surface area contributed by atoms with Gasteiger partial charge in [-0.1, -0.05) is 35.0 Å². The molecule has 208 valence electrons. The number of anilines is 1. The third-order valence-corrected chi connectivity index (χ3v) is 8.28. The van der Waals surface area contributed by atoms with E-state index in [-0.39, 0.29) is 23.0 Å². The Labute approximate surface area is 236 Å². The van der Waals surface area contributed by atoms with E-state index in [1.807, 2.05) is 31.2 Å². The Morgan fingerprint density at radius 3 is 2.31 bits per heavy atom. The van der Waals surface area contributed by atoms with E-state index in [0.717, 1.165) is 32.9 Å². The molecule has 3 rings (SSSR count). The number of ether oxygens (including phenoxy) is 1. The maximum Gasteiger partial charge on any atom is 0.264 e. The fourth-order valence-electron chi connectivity index (χ4n) is 3.82. The van der Waals surface area contributed by atoms with Gasteiger partial charge in [-0.25, -0.2) is 12.8 Å². The molecule has 0 saturated carbocycles. The molecule has 3 aromatic rings. The Morgan fingerprint density at radius 2 is 1.72 bits per heavy atom. The van der Waals surface area contributed by atoms with E-state index >= 15 is 0 Å². The summed E-state index contributed by atoms with van der Waals surface area (Å²) < 4.78 is 48.1. The topological polar surface area (TPSA) is 96.0 Å². The molecular weight excluding hydrogens is 589 g/mol. The van der Waals surface area contributed by atoms with E-state index in [2.05, 4.69) is 21.2 Å². The van der Waals surface area contributed by atoms with Gasteiger partial charge in [0.25, 0.3) is 10.0 Å². The molecule has 0 aliphatic heterocycles. The number of methoxy groups -OCH3 is 1. The summed E-state index contributed by atoms with van der Waals surface area (Å²) in [6.45, 7) is 3.41. The third kappa shape index (κ3) is 7.79. The lowest BCUT2D eigenvalue weighted by Crippen LogP contribution is -2.51. The smallest absolute Gasteiger partial charge is 0.264 e. The quantitative estimate of drug-likeness (QED) is 0.316. The van der Waals surface area contributed by atoms with Gasteiger partial charge in [0.05, 0.1) is 17.7 Å². The van der Waals surface area contributed by atoms with Gasteiger partial charge in [0.2, 0.25) is 11.8 Å². The molecule has 8 nitrogen and oxygen atoms in total. The number of halogens is 2. The largest absolute Gasteiger partial charge is 0.497 e. The monoisotopic (exact) mass is 619 g/mol. The highest BCUT2D eigenvalue weighted by atomic mass is 79.9. The van der Waals surface area contributed by atoms with Gasteiger partial charge in [0.15, 0.2) is 0 Å². The molecule has 2 amide bonds. The van der Waals surface area contributed by atoms with E-state index < -0.39 is 34.3 Å². The molecule has 0 bridgehead atoms. The zero-order valence-corrected chi connectivity index (χ0v) is 24.3. The van der Waals surface area contributed by atoms with Crippen molar-refractivity contribution in [1.82, 2.24) is 10.2 Å². The van der Waals surface area contributed by atoms with Crippen molar-refractivity contribution in [3.8, 4) is 5.75 Å². The summed E-state index contributed by atoms with van der Waals surface area (Å²) >= 11 is 3.42. The van der Waals surface area contributed by atoms with Crippen LogP contribution < -0.4 is 14.4 Å². The van der Waals surface area contributed by atoms with Crippen LogP contribution in [0.5, 0.6) is 5.75 Å². The van der Waals surface area contributed by atoms with Crippen molar-refractivity contribution in [1.29, 1.82) is 0 Å². The summed E-state index contributed by atoms with van der Waals surface area (Å²) in [7, 11) is -2.80. The molecule has 0 saturated heterocycles. The fourth-order valence-corrected chi connectivity index (χ4v) is 5.68. The third-order valence-electron chi connectivity index (χ3n) is 6.00. The van der Waals surface area contributed by atoms with Crippen LogP contribution in [0.3, 0.4) is 0 Å². The number of sulfonamides is 1. The number of hydrogen-bond donors (Lipinski definition) is 1. The number of benzene rings is 3. The van der Waals surface area contributed by atoms with Gasteiger partial charge in [-0.15, -0.1) is 0 Å². The molecular formula is C28H31BrFN3O5S. The molecule has 11 heteroatoms. The van der Waals surface area contributed by atoms with E-state index in [4.69, 9.17) is 4.74 Å². The molecule has 1 N–H and O–H groups in total. The molecule has 0 fully saturated rings. The highest BCUT2D eigenvalue weighted by Crippen LogP contribution is 2.26. The zero-order chi connectivity index (χ0) is 28.6. The second-order valence-corrected chi connectivity index (χ2v) is 11.6. The lowest BCUT2D eigenvalue weighted by atomic mass is 10.1. The molecule has 0 heterocycles. The van der Waals surface area contributed by atoms with Gasteiger partial charge >= 0.3 is 0 Å². The summed E-state index contributed by atoms with van der Waals surface area (Å²) in [5, 5.41) is 2.80. The summed E-state index contributed by atoms with van der Waals surface area (Å²) in [4.78, 5) is 28.0. The first-order chi connectivity index (χ1) is 18.6. The van der Waals surface area contributed by atoms with Crippen LogP contribution in [-0.2, 0) is 26.2 Å². The number of nitrogens with one attached hydrogen (secondary N) is 1. The molecule has 1 atom stereocenters. The van der Waals surface area contributed by atoms with Crippen LogP contribution >= 0.6 is 15.9 Å². The van der Waals surface area contributed by atoms with Crippen molar-refractivity contribution in [2.24, 2.45) is 0 Å². The van der Waals surface area contributed by atoms with Crippen LogP contribution in [0.25, 0.3) is 0 Å². The molecule has 39 heavy (non-hydrogen) atoms. The van der Waals surface area contributed by atoms with E-state index in [1.54, 1.807) is 6.92 Å². The molecule has 3 aromatic carbocycles. The molecule has 0 spiro atoms. The lowest BCUT2D eigenvalue weighted by Gasteiger charge is -2.32. The van der Waals surface area contributed by atoms with Gasteiger partial charge < -0.3 is 15.0 Å². The highest BCUT2D eigenvalue weighted by molar-refractivity contribution is 9.10. The first kappa shape index (κ1) is 30.1. The maximum absolute atomic E-state index is 13.8. The fraction of sp³-hybridized carbons (Fsp3) is 0.286. The van der Waals surface area contributed by atoms with Crippen molar-refractivity contribution in [2.75, 3.05) is 24.5 Å². The second-order valence-electron chi connectivity index (χ2n) is 8.78. The van der Waals surface area contributed by atoms with Gasteiger partial charge in [-0.3, -0.25) is 13.9 Å². The van der Waals surface area contributed by atoms with Crippen molar-refractivity contribution in [2.45, 2.75) is 37.8 Å². The van der Waals surface area contributed by atoms with E-state index in [0.29, 0.717) is 12.3 Å². The Balaban J connectivity index is 2.01. The summed E-state index contributed by atoms with van der Waals surface area (Å²) in [6, 6.07) is 17.0. The average Bonchev–Trinajstić information content (AvgIpc) is 2.93. The minimum absolute atomic E-state index is 0.0683. The van der Waals surface area contributed by atoms with Crippen LogP contribution in [0, 0.1) is 5.82 Å². The Morgan fingerprint density at radius 1 is 1.05 bits per heavy atom. The SMILES string of the molecule is CCCNC(=O)C(C)N(Cc1cccc(Br)c1)C(=O)CN(c1ccc(F)cc1)S(=O)(=O)c1ccc(OC)cc1. The predicted molar refractivity (Wildman–Crippen MR) is 151 cm³/mol. The molecule has 0 aliphatic rings. The summed E-state index contributed by atoms with van der Waals surface area (Å²) in [5.74, 6) is -1.04. The first-order valence-corrected chi connectivity index (χ1v) is 14.5. The molecule has 0 aliphatic carbocycles. The normalized spacial score (nSPS) is 11.9. The number of rotatable bonds is 12. The van der Waals surface area contributed by atoms with Crippen molar-refractivity contribution in [3.05, 3.63) is 88.6 Å². The number of nitrogens with zero attached hydrogens (tertiary/aromatic N) is 2. The molecule has 0 aromatic heterocycles. The van der Waals surface area contributed by atoms with Gasteiger partial charge in [0.1, 0.15) is 24.2 Å². The number of amides is 2. The van der Waals surface area contributed by atoms with Crippen LogP contribution in [-0.4, -0.2) is 51.4 Å². The average molecular weight is 621 g/mol. The molecule has 0 radical (unpaired) electrons. The Kier molecular flexibility index (Phi) is 10.5. The summed E-state index contributed by atoms with van der Waals surface area (Å²) in [5.41, 5.74) is 0.852. The Hall–Kier alpha value is -3.44. The van der Waals surface area contributed by atoms with Crippen LogP contribution in [0.4, 0.5) is 10.1 Å². The standard InChI is InChI=1S/C28H31BrFN3O5S/c1-4-16-31-28(35)20(2)32(18-21-6-5-7-22(29)17-21)27(34)19-33(24-10-8-23(30)9-11-24)39(36,37)26-14-12-25(38-3)13-15-26/h5-15,17,20H,4,16,18-19H2,1-3H3,(H,31,35). The van der Waals surface area contributed by atoms with Gasteiger partial charge in [-0.2, -0.15) is 0 Å². The minimum atomic E-state index is -4.26. The number of carbonyl (C=O) groups is 2. The maximum atomic E-state index is 13.8. The first-order valence-electron chi connectivity index (χ1n) is 12.3. The predicted octanol–water partition coefficient (Wildman–Crippen LogP) is 4.74. The minimum Gasteiger partial charge on any atom is -0.497 e. The van der Waals surface area contributed by atoms with Gasteiger partial charge in [0, 0.05) is 17.6 Å². The van der Waals surface area contributed by atoms with Crippen molar-refractivity contribution < 1.29 is 27.1 Å². The zero-order valence-electron chi connectivity index (χ0n) is 21.9. The second kappa shape index (κ2) is 13.6. The van der Waals surface area contributed by atoms with Crippen molar-refractivity contribution >= 4 is 43.5 Å². The van der Waals surface area contributed by atoms with Crippen molar-refractivity contribution in [3.63, 3.8) is 0 Å². The van der Waals surface area contributed by atoms with E-state index in [1.165, 1.54) is 48.4 Å². The van der Waals surface area contributed by atoms with Crippen LogP contribution in [0.1, 0.15) is 25.8 Å². The van der Waals surface area contributed by atoms with Crippen LogP contribution in [0.2, 0.25) is 0 Å². The molecule has 1 unspecified atom stereocenters. The summed E-state index contributed by atoms with van der Waals surface area (Å²) in [6.07, 6.45) is 0.719. The lowest BCUT2D eigenvalue weighted by molar-refractivity contribution is -0.139. The van der Waals surface area contributed by atoms with E-state index in [9.17, 15) is 22.4 Å². The Bertz CT molecular complexity index is 1390. The highest BCUT2D eigenvalue weighted by Gasteiger charge is 2.32.